The summed E-state index contributed by atoms with van der Waals surface area (Å²) in [6.07, 6.45) is 5.63. The molecule has 3 rings (SSSR count). The number of rotatable bonds is 4. The van der Waals surface area contributed by atoms with Crippen LogP contribution in [0.4, 0.5) is 0 Å². The number of hydrogen-bond acceptors (Lipinski definition) is 5. The van der Waals surface area contributed by atoms with Crippen LogP contribution in [-0.4, -0.2) is 37.6 Å². The normalized spacial score (nSPS) is 17.5. The topological polar surface area (TPSA) is 102 Å². The standard InChI is InChI=1S/C13H14N6O2/c20-12-4-2-10(18-12)13(21)16-6-9-1-3-11(15-5-9)19-8-14-7-17-19/h1,3,5,7-8,10H,2,4,6H2,(H,16,21)(H,18,20)/t10-/m1/s1. The van der Waals surface area contributed by atoms with Crippen molar-refractivity contribution in [3.05, 3.63) is 36.5 Å². The lowest BCUT2D eigenvalue weighted by atomic mass is 10.2. The van der Waals surface area contributed by atoms with Crippen LogP contribution in [0.1, 0.15) is 18.4 Å². The lowest BCUT2D eigenvalue weighted by Crippen LogP contribution is -2.41. The minimum atomic E-state index is -0.417. The second-order valence-electron chi connectivity index (χ2n) is 4.74. The third kappa shape index (κ3) is 3.04. The van der Waals surface area contributed by atoms with Crippen LogP contribution < -0.4 is 10.6 Å². The molecule has 0 aromatic carbocycles. The number of nitrogens with zero attached hydrogens (tertiary/aromatic N) is 4. The third-order valence-corrected chi connectivity index (χ3v) is 3.24. The first kappa shape index (κ1) is 13.2. The van der Waals surface area contributed by atoms with Crippen molar-refractivity contribution in [1.29, 1.82) is 0 Å². The molecule has 2 amide bonds. The van der Waals surface area contributed by atoms with Crippen LogP contribution in [0, 0.1) is 0 Å². The summed E-state index contributed by atoms with van der Waals surface area (Å²) in [5.74, 6) is 0.417. The Morgan fingerprint density at radius 3 is 3.00 bits per heavy atom. The first-order valence-corrected chi connectivity index (χ1v) is 6.59. The molecule has 1 aliphatic heterocycles. The number of carbonyl (C=O) groups is 2. The predicted molar refractivity (Wildman–Crippen MR) is 72.2 cm³/mol. The summed E-state index contributed by atoms with van der Waals surface area (Å²) in [5.41, 5.74) is 0.872. The van der Waals surface area contributed by atoms with E-state index in [2.05, 4.69) is 25.7 Å². The first-order chi connectivity index (χ1) is 10.2. The van der Waals surface area contributed by atoms with Crippen LogP contribution in [0.2, 0.25) is 0 Å². The molecule has 0 spiro atoms. The molecule has 1 fully saturated rings. The number of hydrogen-bond donors (Lipinski definition) is 2. The van der Waals surface area contributed by atoms with Crippen molar-refractivity contribution in [2.45, 2.75) is 25.4 Å². The summed E-state index contributed by atoms with van der Waals surface area (Å²) in [6.45, 7) is 0.371. The number of pyridine rings is 1. The van der Waals surface area contributed by atoms with E-state index in [4.69, 9.17) is 0 Å². The molecule has 0 saturated carbocycles. The Morgan fingerprint density at radius 2 is 2.38 bits per heavy atom. The van der Waals surface area contributed by atoms with Gasteiger partial charge in [-0.25, -0.2) is 14.6 Å². The molecule has 1 saturated heterocycles. The van der Waals surface area contributed by atoms with Gasteiger partial charge >= 0.3 is 0 Å². The van der Waals surface area contributed by atoms with E-state index >= 15 is 0 Å². The van der Waals surface area contributed by atoms with Crippen molar-refractivity contribution in [2.24, 2.45) is 0 Å². The molecular weight excluding hydrogens is 272 g/mol. The van der Waals surface area contributed by atoms with Gasteiger partial charge in [0.05, 0.1) is 0 Å². The van der Waals surface area contributed by atoms with Crippen LogP contribution in [0.5, 0.6) is 0 Å². The zero-order chi connectivity index (χ0) is 14.7. The Kier molecular flexibility index (Phi) is 3.59. The van der Waals surface area contributed by atoms with Crippen LogP contribution in [-0.2, 0) is 16.1 Å². The van der Waals surface area contributed by atoms with Crippen LogP contribution in [0.3, 0.4) is 0 Å². The van der Waals surface area contributed by atoms with Crippen LogP contribution in [0.25, 0.3) is 5.82 Å². The first-order valence-electron chi connectivity index (χ1n) is 6.59. The molecule has 2 aromatic rings. The quantitative estimate of drug-likeness (QED) is 0.793. The van der Waals surface area contributed by atoms with E-state index < -0.39 is 6.04 Å². The summed E-state index contributed by atoms with van der Waals surface area (Å²) in [5, 5.41) is 9.40. The van der Waals surface area contributed by atoms with Crippen molar-refractivity contribution < 1.29 is 9.59 Å². The summed E-state index contributed by atoms with van der Waals surface area (Å²) in [6, 6.07) is 3.24. The van der Waals surface area contributed by atoms with Gasteiger partial charge in [-0.1, -0.05) is 6.07 Å². The Balaban J connectivity index is 1.56. The molecule has 8 nitrogen and oxygen atoms in total. The Morgan fingerprint density at radius 1 is 1.48 bits per heavy atom. The van der Waals surface area contributed by atoms with E-state index in [9.17, 15) is 9.59 Å². The third-order valence-electron chi connectivity index (χ3n) is 3.24. The minimum absolute atomic E-state index is 0.0750. The van der Waals surface area contributed by atoms with Gasteiger partial charge in [0.25, 0.3) is 0 Å². The fourth-order valence-electron chi connectivity index (χ4n) is 2.11. The van der Waals surface area contributed by atoms with Gasteiger partial charge in [-0.3, -0.25) is 9.59 Å². The molecule has 3 heterocycles. The van der Waals surface area contributed by atoms with Gasteiger partial charge in [-0.15, -0.1) is 0 Å². The molecule has 2 aromatic heterocycles. The molecular formula is C13H14N6O2. The average Bonchev–Trinajstić information content (AvgIpc) is 3.16. The van der Waals surface area contributed by atoms with Gasteiger partial charge in [0, 0.05) is 19.2 Å². The van der Waals surface area contributed by atoms with Gasteiger partial charge in [0.1, 0.15) is 18.7 Å². The number of amides is 2. The highest BCUT2D eigenvalue weighted by Crippen LogP contribution is 2.07. The Bertz CT molecular complexity index is 637. The lowest BCUT2D eigenvalue weighted by Gasteiger charge is -2.10. The van der Waals surface area contributed by atoms with Gasteiger partial charge < -0.3 is 10.6 Å². The van der Waals surface area contributed by atoms with E-state index in [1.165, 1.54) is 6.33 Å². The highest BCUT2D eigenvalue weighted by Gasteiger charge is 2.26. The maximum Gasteiger partial charge on any atom is 0.242 e. The van der Waals surface area contributed by atoms with Crippen molar-refractivity contribution in [2.75, 3.05) is 0 Å². The van der Waals surface area contributed by atoms with Crippen molar-refractivity contribution in [1.82, 2.24) is 30.4 Å². The van der Waals surface area contributed by atoms with E-state index in [1.807, 2.05) is 6.07 Å². The summed E-state index contributed by atoms with van der Waals surface area (Å²) in [4.78, 5) is 31.0. The summed E-state index contributed by atoms with van der Waals surface area (Å²) >= 11 is 0. The molecule has 2 N–H and O–H groups in total. The molecule has 1 atom stereocenters. The summed E-state index contributed by atoms with van der Waals surface area (Å²) < 4.78 is 1.55. The van der Waals surface area contributed by atoms with Crippen molar-refractivity contribution in [3.8, 4) is 5.82 Å². The zero-order valence-electron chi connectivity index (χ0n) is 11.2. The molecule has 0 unspecified atom stereocenters. The molecule has 108 valence electrons. The predicted octanol–water partition coefficient (Wildman–Crippen LogP) is -0.443. The van der Waals surface area contributed by atoms with Gasteiger partial charge in [-0.05, 0) is 18.1 Å². The molecule has 8 heteroatoms. The molecule has 1 aliphatic rings. The van der Waals surface area contributed by atoms with Crippen molar-refractivity contribution >= 4 is 11.8 Å². The lowest BCUT2D eigenvalue weighted by molar-refractivity contribution is -0.125. The van der Waals surface area contributed by atoms with E-state index in [1.54, 1.807) is 23.3 Å². The molecule has 0 bridgehead atoms. The number of aromatic nitrogens is 4. The monoisotopic (exact) mass is 286 g/mol. The highest BCUT2D eigenvalue weighted by atomic mass is 16.2. The van der Waals surface area contributed by atoms with Gasteiger partial charge in [-0.2, -0.15) is 5.10 Å². The highest BCUT2D eigenvalue weighted by molar-refractivity contribution is 5.90. The van der Waals surface area contributed by atoms with Crippen molar-refractivity contribution in [3.63, 3.8) is 0 Å². The minimum Gasteiger partial charge on any atom is -0.350 e. The Hall–Kier alpha value is -2.77. The van der Waals surface area contributed by atoms with E-state index in [0.29, 0.717) is 25.2 Å². The van der Waals surface area contributed by atoms with Gasteiger partial charge in [0.2, 0.25) is 11.8 Å². The van der Waals surface area contributed by atoms with E-state index in [0.717, 1.165) is 5.56 Å². The molecule has 0 aliphatic carbocycles. The molecule has 21 heavy (non-hydrogen) atoms. The second-order valence-corrected chi connectivity index (χ2v) is 4.74. The maximum atomic E-state index is 11.8. The fraction of sp³-hybridized carbons (Fsp3) is 0.308. The second kappa shape index (κ2) is 5.70. The largest absolute Gasteiger partial charge is 0.350 e. The SMILES string of the molecule is O=C1CC[C@H](C(=O)NCc2ccc(-n3cncn3)nc2)N1. The number of nitrogens with one attached hydrogen (secondary N) is 2. The molecule has 0 radical (unpaired) electrons. The maximum absolute atomic E-state index is 11.8. The Labute approximate surface area is 120 Å². The summed E-state index contributed by atoms with van der Waals surface area (Å²) in [7, 11) is 0. The number of carbonyl (C=O) groups excluding carboxylic acids is 2. The van der Waals surface area contributed by atoms with E-state index in [-0.39, 0.29) is 11.8 Å². The average molecular weight is 286 g/mol. The van der Waals surface area contributed by atoms with Crippen LogP contribution >= 0.6 is 0 Å². The van der Waals surface area contributed by atoms with Gasteiger partial charge in [0.15, 0.2) is 5.82 Å². The van der Waals surface area contributed by atoms with Crippen LogP contribution in [0.15, 0.2) is 31.0 Å². The smallest absolute Gasteiger partial charge is 0.242 e. The zero-order valence-corrected chi connectivity index (χ0v) is 11.2. The fourth-order valence-corrected chi connectivity index (χ4v) is 2.11.